The van der Waals surface area contributed by atoms with Gasteiger partial charge in [0.15, 0.2) is 0 Å². The smallest absolute Gasteiger partial charge is 0.252 e. The minimum atomic E-state index is -0.107. The zero-order valence-electron chi connectivity index (χ0n) is 12.6. The molecule has 6 heteroatoms. The van der Waals surface area contributed by atoms with Gasteiger partial charge in [0.1, 0.15) is 11.6 Å². The van der Waals surface area contributed by atoms with Gasteiger partial charge in [-0.1, -0.05) is 5.16 Å². The molecule has 0 unspecified atom stereocenters. The SMILES string of the molecule is CNc1ccc(C(=O)NCCCc2c(C)noc2C)cn1. The maximum atomic E-state index is 11.9. The largest absolute Gasteiger partial charge is 0.373 e. The molecule has 0 aliphatic heterocycles. The number of pyridine rings is 1. The Morgan fingerprint density at radius 2 is 2.14 bits per heavy atom. The molecule has 1 amide bonds. The van der Waals surface area contributed by atoms with E-state index in [0.29, 0.717) is 12.1 Å². The Balaban J connectivity index is 1.79. The lowest BCUT2D eigenvalue weighted by atomic mass is 10.1. The Morgan fingerprint density at radius 1 is 1.33 bits per heavy atom. The van der Waals surface area contributed by atoms with E-state index in [2.05, 4.69) is 20.8 Å². The summed E-state index contributed by atoms with van der Waals surface area (Å²) < 4.78 is 5.11. The van der Waals surface area contributed by atoms with Crippen molar-refractivity contribution in [3.63, 3.8) is 0 Å². The normalized spacial score (nSPS) is 10.4. The number of aromatic nitrogens is 2. The van der Waals surface area contributed by atoms with E-state index in [1.165, 1.54) is 0 Å². The molecule has 0 spiro atoms. The predicted octanol–water partition coefficient (Wildman–Crippen LogP) is 2.09. The molecular formula is C15H20N4O2. The number of hydrogen-bond donors (Lipinski definition) is 2. The van der Waals surface area contributed by atoms with Crippen molar-refractivity contribution in [1.82, 2.24) is 15.5 Å². The van der Waals surface area contributed by atoms with Gasteiger partial charge >= 0.3 is 0 Å². The maximum absolute atomic E-state index is 11.9. The van der Waals surface area contributed by atoms with Crippen molar-refractivity contribution in [2.24, 2.45) is 0 Å². The second-order valence-electron chi connectivity index (χ2n) is 4.84. The van der Waals surface area contributed by atoms with Crippen molar-refractivity contribution < 1.29 is 9.32 Å². The van der Waals surface area contributed by atoms with Crippen LogP contribution in [0.25, 0.3) is 0 Å². The molecular weight excluding hydrogens is 268 g/mol. The van der Waals surface area contributed by atoms with Gasteiger partial charge in [0, 0.05) is 25.4 Å². The number of hydrogen-bond acceptors (Lipinski definition) is 5. The number of anilines is 1. The van der Waals surface area contributed by atoms with Gasteiger partial charge in [-0.3, -0.25) is 4.79 Å². The number of amides is 1. The standard InChI is InChI=1S/C15H20N4O2/c1-10-13(11(2)21-19-10)5-4-8-17-15(20)12-6-7-14(16-3)18-9-12/h6-7,9H,4-5,8H2,1-3H3,(H,16,18)(H,17,20). The Labute approximate surface area is 123 Å². The number of aryl methyl sites for hydroxylation is 2. The first-order valence-electron chi connectivity index (χ1n) is 6.95. The Hall–Kier alpha value is -2.37. The Kier molecular flexibility index (Phi) is 4.92. The molecule has 21 heavy (non-hydrogen) atoms. The molecule has 0 radical (unpaired) electrons. The molecule has 2 N–H and O–H groups in total. The fraction of sp³-hybridized carbons (Fsp3) is 0.400. The van der Waals surface area contributed by atoms with Crippen LogP contribution < -0.4 is 10.6 Å². The van der Waals surface area contributed by atoms with Crippen LogP contribution in [0.15, 0.2) is 22.9 Å². The Bertz CT molecular complexity index is 585. The van der Waals surface area contributed by atoms with E-state index in [1.54, 1.807) is 25.4 Å². The lowest BCUT2D eigenvalue weighted by Gasteiger charge is -2.06. The summed E-state index contributed by atoms with van der Waals surface area (Å²) in [4.78, 5) is 16.1. The van der Waals surface area contributed by atoms with Gasteiger partial charge in [-0.15, -0.1) is 0 Å². The van der Waals surface area contributed by atoms with Gasteiger partial charge in [-0.2, -0.15) is 0 Å². The summed E-state index contributed by atoms with van der Waals surface area (Å²) in [6, 6.07) is 3.53. The van der Waals surface area contributed by atoms with Gasteiger partial charge < -0.3 is 15.2 Å². The van der Waals surface area contributed by atoms with Crippen LogP contribution in [0.1, 0.15) is 33.8 Å². The van der Waals surface area contributed by atoms with E-state index in [-0.39, 0.29) is 5.91 Å². The number of carbonyl (C=O) groups is 1. The quantitative estimate of drug-likeness (QED) is 0.796. The monoisotopic (exact) mass is 288 g/mol. The average molecular weight is 288 g/mol. The zero-order chi connectivity index (χ0) is 15.2. The van der Waals surface area contributed by atoms with Crippen LogP contribution in [-0.4, -0.2) is 29.6 Å². The van der Waals surface area contributed by atoms with Crippen molar-refractivity contribution in [2.45, 2.75) is 26.7 Å². The minimum absolute atomic E-state index is 0.107. The fourth-order valence-corrected chi connectivity index (χ4v) is 2.10. The van der Waals surface area contributed by atoms with Crippen LogP contribution in [0.5, 0.6) is 0 Å². The lowest BCUT2D eigenvalue weighted by molar-refractivity contribution is 0.0953. The summed E-state index contributed by atoms with van der Waals surface area (Å²) in [5, 5.41) is 9.72. The molecule has 0 fully saturated rings. The molecule has 0 saturated heterocycles. The highest BCUT2D eigenvalue weighted by Gasteiger charge is 2.09. The van der Waals surface area contributed by atoms with Crippen LogP contribution in [0.2, 0.25) is 0 Å². The predicted molar refractivity (Wildman–Crippen MR) is 80.4 cm³/mol. The van der Waals surface area contributed by atoms with E-state index >= 15 is 0 Å². The second-order valence-corrected chi connectivity index (χ2v) is 4.84. The van der Waals surface area contributed by atoms with Crippen LogP contribution >= 0.6 is 0 Å². The first-order valence-corrected chi connectivity index (χ1v) is 6.95. The maximum Gasteiger partial charge on any atom is 0.252 e. The number of rotatable bonds is 6. The van der Waals surface area contributed by atoms with Crippen LogP contribution in [0, 0.1) is 13.8 Å². The van der Waals surface area contributed by atoms with E-state index in [4.69, 9.17) is 4.52 Å². The Morgan fingerprint density at radius 3 is 2.71 bits per heavy atom. The van der Waals surface area contributed by atoms with Gasteiger partial charge in [0.05, 0.1) is 11.3 Å². The van der Waals surface area contributed by atoms with Crippen LogP contribution in [0.3, 0.4) is 0 Å². The lowest BCUT2D eigenvalue weighted by Crippen LogP contribution is -2.25. The molecule has 0 bridgehead atoms. The molecule has 2 aromatic rings. The molecule has 6 nitrogen and oxygen atoms in total. The van der Waals surface area contributed by atoms with Crippen molar-refractivity contribution in [3.05, 3.63) is 40.9 Å². The van der Waals surface area contributed by atoms with E-state index in [0.717, 1.165) is 35.7 Å². The van der Waals surface area contributed by atoms with E-state index < -0.39 is 0 Å². The molecule has 2 aromatic heterocycles. The van der Waals surface area contributed by atoms with Crippen molar-refractivity contribution in [2.75, 3.05) is 18.9 Å². The molecule has 0 aromatic carbocycles. The first-order chi connectivity index (χ1) is 10.1. The molecule has 2 heterocycles. The van der Waals surface area contributed by atoms with E-state index in [9.17, 15) is 4.79 Å². The summed E-state index contributed by atoms with van der Waals surface area (Å²) in [5.74, 6) is 1.49. The van der Waals surface area contributed by atoms with Gasteiger partial charge in [-0.05, 0) is 38.8 Å². The highest BCUT2D eigenvalue weighted by atomic mass is 16.5. The van der Waals surface area contributed by atoms with E-state index in [1.807, 2.05) is 13.8 Å². The highest BCUT2D eigenvalue weighted by Crippen LogP contribution is 2.13. The number of nitrogens with zero attached hydrogens (tertiary/aromatic N) is 2. The summed E-state index contributed by atoms with van der Waals surface area (Å²) >= 11 is 0. The molecule has 0 aliphatic carbocycles. The van der Waals surface area contributed by atoms with Crippen molar-refractivity contribution in [3.8, 4) is 0 Å². The third-order valence-corrected chi connectivity index (χ3v) is 3.35. The van der Waals surface area contributed by atoms with Crippen LogP contribution in [-0.2, 0) is 6.42 Å². The molecule has 0 atom stereocenters. The molecule has 0 aliphatic rings. The molecule has 2 rings (SSSR count). The average Bonchev–Trinajstić information content (AvgIpc) is 2.82. The number of nitrogens with one attached hydrogen (secondary N) is 2. The van der Waals surface area contributed by atoms with Gasteiger partial charge in [-0.25, -0.2) is 4.98 Å². The highest BCUT2D eigenvalue weighted by molar-refractivity contribution is 5.93. The zero-order valence-corrected chi connectivity index (χ0v) is 12.6. The topological polar surface area (TPSA) is 80.0 Å². The van der Waals surface area contributed by atoms with Crippen LogP contribution in [0.4, 0.5) is 5.82 Å². The summed E-state index contributed by atoms with van der Waals surface area (Å²) in [6.45, 7) is 4.44. The summed E-state index contributed by atoms with van der Waals surface area (Å²) in [7, 11) is 1.79. The first kappa shape index (κ1) is 15.0. The third kappa shape index (κ3) is 3.81. The van der Waals surface area contributed by atoms with Gasteiger partial charge in [0.25, 0.3) is 5.91 Å². The second kappa shape index (κ2) is 6.88. The number of carbonyl (C=O) groups excluding carboxylic acids is 1. The van der Waals surface area contributed by atoms with Gasteiger partial charge in [0.2, 0.25) is 0 Å². The molecule has 112 valence electrons. The molecule has 0 saturated carbocycles. The third-order valence-electron chi connectivity index (χ3n) is 3.35. The fourth-order valence-electron chi connectivity index (χ4n) is 2.10. The summed E-state index contributed by atoms with van der Waals surface area (Å²) in [6.07, 6.45) is 3.25. The summed E-state index contributed by atoms with van der Waals surface area (Å²) in [5.41, 5.74) is 2.61. The minimum Gasteiger partial charge on any atom is -0.373 e. The van der Waals surface area contributed by atoms with Crippen molar-refractivity contribution >= 4 is 11.7 Å². The van der Waals surface area contributed by atoms with Crippen molar-refractivity contribution in [1.29, 1.82) is 0 Å².